The second-order valence-electron chi connectivity index (χ2n) is 5.14. The van der Waals surface area contributed by atoms with Gasteiger partial charge in [0, 0.05) is 0 Å². The smallest absolute Gasteiger partial charge is 0.0568 e. The predicted octanol–water partition coefficient (Wildman–Crippen LogP) is 3.48. The lowest BCUT2D eigenvalue weighted by Gasteiger charge is -2.27. The van der Waals surface area contributed by atoms with Crippen molar-refractivity contribution >= 4 is 0 Å². The second-order valence-corrected chi connectivity index (χ2v) is 5.14. The SMILES string of the molecule is Cc1cccc(CCC2CCCCC2O)c1. The molecule has 2 rings (SSSR count). The van der Waals surface area contributed by atoms with E-state index >= 15 is 0 Å². The Bertz CT molecular complexity index is 332. The van der Waals surface area contributed by atoms with Gasteiger partial charge in [-0.3, -0.25) is 0 Å². The highest BCUT2D eigenvalue weighted by Gasteiger charge is 2.22. The molecule has 0 aromatic heterocycles. The quantitative estimate of drug-likeness (QED) is 0.823. The van der Waals surface area contributed by atoms with Crippen LogP contribution >= 0.6 is 0 Å². The van der Waals surface area contributed by atoms with Gasteiger partial charge in [0.05, 0.1) is 6.10 Å². The molecule has 1 aromatic rings. The van der Waals surface area contributed by atoms with Gasteiger partial charge in [0.1, 0.15) is 0 Å². The van der Waals surface area contributed by atoms with Gasteiger partial charge >= 0.3 is 0 Å². The van der Waals surface area contributed by atoms with E-state index in [9.17, 15) is 5.11 Å². The Labute approximate surface area is 98.5 Å². The van der Waals surface area contributed by atoms with Crippen LogP contribution in [0.4, 0.5) is 0 Å². The molecule has 0 bridgehead atoms. The number of aliphatic hydroxyl groups is 1. The lowest BCUT2D eigenvalue weighted by atomic mass is 9.83. The van der Waals surface area contributed by atoms with Crippen molar-refractivity contribution < 1.29 is 5.11 Å². The van der Waals surface area contributed by atoms with E-state index in [2.05, 4.69) is 31.2 Å². The molecular formula is C15H22O. The zero-order valence-electron chi connectivity index (χ0n) is 10.2. The number of hydrogen-bond acceptors (Lipinski definition) is 1. The lowest BCUT2D eigenvalue weighted by Crippen LogP contribution is -2.24. The third-order valence-corrected chi connectivity index (χ3v) is 3.76. The highest BCUT2D eigenvalue weighted by atomic mass is 16.3. The average Bonchev–Trinajstić information content (AvgIpc) is 2.28. The van der Waals surface area contributed by atoms with Gasteiger partial charge in [-0.15, -0.1) is 0 Å². The molecule has 1 N–H and O–H groups in total. The molecule has 16 heavy (non-hydrogen) atoms. The fourth-order valence-corrected chi connectivity index (χ4v) is 2.74. The Balaban J connectivity index is 1.86. The van der Waals surface area contributed by atoms with Crippen LogP contribution < -0.4 is 0 Å². The Kier molecular flexibility index (Phi) is 4.00. The van der Waals surface area contributed by atoms with Gasteiger partial charge in [-0.1, -0.05) is 42.7 Å². The molecule has 1 aliphatic carbocycles. The summed E-state index contributed by atoms with van der Waals surface area (Å²) < 4.78 is 0. The molecular weight excluding hydrogens is 196 g/mol. The molecule has 0 amide bonds. The second kappa shape index (κ2) is 5.49. The third-order valence-electron chi connectivity index (χ3n) is 3.76. The molecule has 1 aliphatic rings. The fraction of sp³-hybridized carbons (Fsp3) is 0.600. The monoisotopic (exact) mass is 218 g/mol. The summed E-state index contributed by atoms with van der Waals surface area (Å²) in [6.07, 6.45) is 6.95. The summed E-state index contributed by atoms with van der Waals surface area (Å²) in [6.45, 7) is 2.14. The summed E-state index contributed by atoms with van der Waals surface area (Å²) in [5.41, 5.74) is 2.75. The summed E-state index contributed by atoms with van der Waals surface area (Å²) in [7, 11) is 0. The minimum Gasteiger partial charge on any atom is -0.393 e. The summed E-state index contributed by atoms with van der Waals surface area (Å²) >= 11 is 0. The van der Waals surface area contributed by atoms with Crippen LogP contribution in [-0.2, 0) is 6.42 Å². The van der Waals surface area contributed by atoms with Crippen LogP contribution in [0.1, 0.15) is 43.2 Å². The van der Waals surface area contributed by atoms with Crippen LogP contribution in [0.25, 0.3) is 0 Å². The van der Waals surface area contributed by atoms with E-state index in [4.69, 9.17) is 0 Å². The van der Waals surface area contributed by atoms with Crippen LogP contribution in [0.2, 0.25) is 0 Å². The fourth-order valence-electron chi connectivity index (χ4n) is 2.74. The molecule has 1 aromatic carbocycles. The van der Waals surface area contributed by atoms with Gasteiger partial charge in [-0.2, -0.15) is 0 Å². The van der Waals surface area contributed by atoms with Crippen molar-refractivity contribution in [1.29, 1.82) is 0 Å². The topological polar surface area (TPSA) is 20.2 Å². The molecule has 1 heteroatoms. The summed E-state index contributed by atoms with van der Waals surface area (Å²) in [6, 6.07) is 8.72. The minimum atomic E-state index is -0.0430. The maximum atomic E-state index is 9.90. The standard InChI is InChI=1S/C15H22O/c1-12-5-4-6-13(11-12)9-10-14-7-2-3-8-15(14)16/h4-6,11,14-16H,2-3,7-10H2,1H3. The van der Waals surface area contributed by atoms with Crippen LogP contribution in [0.15, 0.2) is 24.3 Å². The van der Waals surface area contributed by atoms with E-state index < -0.39 is 0 Å². The molecule has 1 fully saturated rings. The van der Waals surface area contributed by atoms with Crippen molar-refractivity contribution in [1.82, 2.24) is 0 Å². The van der Waals surface area contributed by atoms with Gasteiger partial charge in [0.25, 0.3) is 0 Å². The molecule has 2 unspecified atom stereocenters. The van der Waals surface area contributed by atoms with Crippen molar-refractivity contribution in [3.63, 3.8) is 0 Å². The highest BCUT2D eigenvalue weighted by Crippen LogP contribution is 2.28. The van der Waals surface area contributed by atoms with Crippen molar-refractivity contribution in [2.45, 2.75) is 51.6 Å². The Morgan fingerprint density at radius 3 is 2.81 bits per heavy atom. The summed E-state index contributed by atoms with van der Waals surface area (Å²) in [5.74, 6) is 0.536. The van der Waals surface area contributed by atoms with Gasteiger partial charge in [-0.05, 0) is 44.1 Å². The first kappa shape index (κ1) is 11.7. The first-order valence-corrected chi connectivity index (χ1v) is 6.49. The van der Waals surface area contributed by atoms with Crippen molar-refractivity contribution in [3.05, 3.63) is 35.4 Å². The molecule has 0 aliphatic heterocycles. The molecule has 0 spiro atoms. The molecule has 2 atom stereocenters. The number of aliphatic hydroxyl groups excluding tert-OH is 1. The number of benzene rings is 1. The predicted molar refractivity (Wildman–Crippen MR) is 67.5 cm³/mol. The molecule has 88 valence electrons. The maximum Gasteiger partial charge on any atom is 0.0568 e. The summed E-state index contributed by atoms with van der Waals surface area (Å²) in [5, 5.41) is 9.90. The maximum absolute atomic E-state index is 9.90. The minimum absolute atomic E-state index is 0.0430. The van der Waals surface area contributed by atoms with Crippen molar-refractivity contribution in [2.24, 2.45) is 5.92 Å². The van der Waals surface area contributed by atoms with Crippen LogP contribution in [0.5, 0.6) is 0 Å². The van der Waals surface area contributed by atoms with E-state index in [1.807, 2.05) is 0 Å². The highest BCUT2D eigenvalue weighted by molar-refractivity contribution is 5.22. The van der Waals surface area contributed by atoms with E-state index in [0.717, 1.165) is 19.3 Å². The van der Waals surface area contributed by atoms with E-state index in [-0.39, 0.29) is 6.10 Å². The Morgan fingerprint density at radius 2 is 2.06 bits per heavy atom. The van der Waals surface area contributed by atoms with Crippen LogP contribution in [0, 0.1) is 12.8 Å². The van der Waals surface area contributed by atoms with Gasteiger partial charge < -0.3 is 5.11 Å². The van der Waals surface area contributed by atoms with Crippen LogP contribution in [-0.4, -0.2) is 11.2 Å². The number of hydrogen-bond donors (Lipinski definition) is 1. The normalized spacial score (nSPS) is 25.6. The summed E-state index contributed by atoms with van der Waals surface area (Å²) in [4.78, 5) is 0. The van der Waals surface area contributed by atoms with Crippen LogP contribution in [0.3, 0.4) is 0 Å². The van der Waals surface area contributed by atoms with E-state index in [1.54, 1.807) is 0 Å². The first-order chi connectivity index (χ1) is 7.75. The average molecular weight is 218 g/mol. The molecule has 1 nitrogen and oxygen atoms in total. The zero-order chi connectivity index (χ0) is 11.4. The molecule has 0 heterocycles. The Morgan fingerprint density at radius 1 is 1.25 bits per heavy atom. The third kappa shape index (κ3) is 3.08. The van der Waals surface area contributed by atoms with Crippen molar-refractivity contribution in [2.75, 3.05) is 0 Å². The largest absolute Gasteiger partial charge is 0.393 e. The molecule has 0 radical (unpaired) electrons. The zero-order valence-corrected chi connectivity index (χ0v) is 10.2. The van der Waals surface area contributed by atoms with E-state index in [0.29, 0.717) is 5.92 Å². The number of rotatable bonds is 3. The number of aryl methyl sites for hydroxylation is 2. The van der Waals surface area contributed by atoms with Gasteiger partial charge in [0.15, 0.2) is 0 Å². The van der Waals surface area contributed by atoms with Crippen molar-refractivity contribution in [3.8, 4) is 0 Å². The van der Waals surface area contributed by atoms with Gasteiger partial charge in [-0.25, -0.2) is 0 Å². The Hall–Kier alpha value is -0.820. The van der Waals surface area contributed by atoms with Gasteiger partial charge in [0.2, 0.25) is 0 Å². The van der Waals surface area contributed by atoms with E-state index in [1.165, 1.54) is 30.4 Å². The molecule has 1 saturated carbocycles. The lowest BCUT2D eigenvalue weighted by molar-refractivity contribution is 0.0655. The first-order valence-electron chi connectivity index (χ1n) is 6.49. The molecule has 0 saturated heterocycles.